The predicted molar refractivity (Wildman–Crippen MR) is 149 cm³/mol. The molecule has 3 fully saturated rings. The van der Waals surface area contributed by atoms with Gasteiger partial charge in [0.1, 0.15) is 6.10 Å². The van der Waals surface area contributed by atoms with Crippen LogP contribution in [0.2, 0.25) is 0 Å². The highest BCUT2D eigenvalue weighted by molar-refractivity contribution is 7.89. The second-order valence-electron chi connectivity index (χ2n) is 10.9. The van der Waals surface area contributed by atoms with Gasteiger partial charge in [-0.05, 0) is 49.4 Å². The minimum absolute atomic E-state index is 0.0228. The number of alkyl carbamates (subject to hydrolysis) is 1. The number of rotatable bonds is 12. The first kappa shape index (κ1) is 30.4. The fourth-order valence-electron chi connectivity index (χ4n) is 5.59. The number of carbonyl (C=O) groups excluding carboxylic acids is 2. The normalized spacial score (nSPS) is 23.9. The molecule has 4 N–H and O–H groups in total. The Balaban J connectivity index is 1.36. The second kappa shape index (κ2) is 13.5. The standard InChI is InChI=1S/C29H37N3O9S/c30-27(34)20-9-6-12-22(16-20)42(36,37)32(41-21-10-4-5-11-21)17-25(33)24(15-19-7-2-1-3-8-19)31-29(35)40-26-18-39-28-23(26)13-14-38-28/h1-3,6-9,12,16,21,23-26,28,33H,4-5,10-11,13-15,17-18H2,(H2,30,34)(H,31,35). The van der Waals surface area contributed by atoms with Crippen molar-refractivity contribution < 1.29 is 42.2 Å². The first-order valence-corrected chi connectivity index (χ1v) is 15.7. The molecule has 5 unspecified atom stereocenters. The summed E-state index contributed by atoms with van der Waals surface area (Å²) < 4.78 is 45.0. The van der Waals surface area contributed by atoms with Crippen molar-refractivity contribution in [3.63, 3.8) is 0 Å². The van der Waals surface area contributed by atoms with E-state index in [1.807, 2.05) is 30.3 Å². The van der Waals surface area contributed by atoms with Gasteiger partial charge in [0, 0.05) is 5.56 Å². The van der Waals surface area contributed by atoms with Gasteiger partial charge in [0.15, 0.2) is 6.29 Å². The number of carbonyl (C=O) groups is 2. The van der Waals surface area contributed by atoms with Crippen molar-refractivity contribution in [3.8, 4) is 0 Å². The maximum Gasteiger partial charge on any atom is 0.407 e. The van der Waals surface area contributed by atoms with Crippen LogP contribution < -0.4 is 11.1 Å². The molecular formula is C29H37N3O9S. The van der Waals surface area contributed by atoms with E-state index in [1.165, 1.54) is 24.3 Å². The highest BCUT2D eigenvalue weighted by Crippen LogP contribution is 2.33. The summed E-state index contributed by atoms with van der Waals surface area (Å²) in [7, 11) is -4.33. The number of hydrogen-bond acceptors (Lipinski definition) is 9. The summed E-state index contributed by atoms with van der Waals surface area (Å²) in [5.41, 5.74) is 6.21. The van der Waals surface area contributed by atoms with E-state index in [1.54, 1.807) is 0 Å². The Morgan fingerprint density at radius 2 is 1.83 bits per heavy atom. The fraction of sp³-hybridized carbons (Fsp3) is 0.517. The topological polar surface area (TPSA) is 167 Å². The van der Waals surface area contributed by atoms with Gasteiger partial charge in [0.2, 0.25) is 5.91 Å². The van der Waals surface area contributed by atoms with Crippen LogP contribution >= 0.6 is 0 Å². The number of benzene rings is 2. The van der Waals surface area contributed by atoms with Crippen LogP contribution in [-0.4, -0.2) is 80.4 Å². The molecule has 2 aliphatic heterocycles. The molecule has 1 saturated carbocycles. The highest BCUT2D eigenvalue weighted by Gasteiger charge is 2.44. The number of amides is 2. The Kier molecular flexibility index (Phi) is 9.76. The maximum absolute atomic E-state index is 13.8. The van der Waals surface area contributed by atoms with Crippen molar-refractivity contribution in [3.05, 3.63) is 65.7 Å². The zero-order valence-electron chi connectivity index (χ0n) is 23.2. The quantitative estimate of drug-likeness (QED) is 0.308. The molecule has 0 aromatic heterocycles. The Morgan fingerprint density at radius 1 is 1.07 bits per heavy atom. The Labute approximate surface area is 245 Å². The summed E-state index contributed by atoms with van der Waals surface area (Å²) in [5.74, 6) is -0.839. The van der Waals surface area contributed by atoms with Gasteiger partial charge in [-0.25, -0.2) is 13.2 Å². The average Bonchev–Trinajstić information content (AvgIpc) is 3.74. The number of fused-ring (bicyclic) bond motifs is 1. The third-order valence-electron chi connectivity index (χ3n) is 7.90. The van der Waals surface area contributed by atoms with Crippen LogP contribution in [0.15, 0.2) is 59.5 Å². The van der Waals surface area contributed by atoms with Gasteiger partial charge in [-0.2, -0.15) is 0 Å². The van der Waals surface area contributed by atoms with E-state index in [4.69, 9.17) is 24.8 Å². The number of nitrogens with zero attached hydrogens (tertiary/aromatic N) is 1. The SMILES string of the molecule is NC(=O)c1cccc(S(=O)(=O)N(CC(O)C(Cc2ccccc2)NC(=O)OC2COC3OCCC23)OC2CCCC2)c1. The lowest BCUT2D eigenvalue weighted by Gasteiger charge is -2.31. The van der Waals surface area contributed by atoms with Crippen molar-refractivity contribution in [2.45, 2.75) is 74.1 Å². The summed E-state index contributed by atoms with van der Waals surface area (Å²) >= 11 is 0. The molecule has 3 aliphatic rings. The molecule has 12 nitrogen and oxygen atoms in total. The minimum atomic E-state index is -4.33. The van der Waals surface area contributed by atoms with Crippen LogP contribution in [0, 0.1) is 5.92 Å². The Morgan fingerprint density at radius 3 is 2.57 bits per heavy atom. The summed E-state index contributed by atoms with van der Waals surface area (Å²) in [5, 5.41) is 14.2. The molecule has 2 aromatic carbocycles. The van der Waals surface area contributed by atoms with E-state index in [0.717, 1.165) is 22.9 Å². The van der Waals surface area contributed by atoms with Crippen LogP contribution in [-0.2, 0) is 35.5 Å². The third kappa shape index (κ3) is 7.28. The van der Waals surface area contributed by atoms with Crippen LogP contribution in [0.3, 0.4) is 0 Å². The molecule has 1 aliphatic carbocycles. The molecule has 42 heavy (non-hydrogen) atoms. The van der Waals surface area contributed by atoms with Crippen molar-refractivity contribution >= 4 is 22.0 Å². The molecule has 0 bridgehead atoms. The van der Waals surface area contributed by atoms with Crippen LogP contribution in [0.5, 0.6) is 0 Å². The van der Waals surface area contributed by atoms with Crippen molar-refractivity contribution in [1.29, 1.82) is 0 Å². The summed E-state index contributed by atoms with van der Waals surface area (Å²) in [6, 6.07) is 13.6. The molecule has 0 radical (unpaired) electrons. The van der Waals surface area contributed by atoms with Gasteiger partial charge >= 0.3 is 6.09 Å². The lowest BCUT2D eigenvalue weighted by atomic mass is 10.0. The summed E-state index contributed by atoms with van der Waals surface area (Å²) in [6.45, 7) is 0.253. The largest absolute Gasteiger partial charge is 0.443 e. The number of hydrogen-bond donors (Lipinski definition) is 3. The zero-order chi connectivity index (χ0) is 29.7. The number of aliphatic hydroxyl groups excluding tert-OH is 1. The lowest BCUT2D eigenvalue weighted by Crippen LogP contribution is -2.51. The molecule has 5 rings (SSSR count). The lowest BCUT2D eigenvalue weighted by molar-refractivity contribution is -0.145. The minimum Gasteiger partial charge on any atom is -0.443 e. The molecule has 0 spiro atoms. The first-order chi connectivity index (χ1) is 20.2. The monoisotopic (exact) mass is 603 g/mol. The van der Waals surface area contributed by atoms with Gasteiger partial charge in [0.25, 0.3) is 10.0 Å². The summed E-state index contributed by atoms with van der Waals surface area (Å²) in [4.78, 5) is 30.5. The smallest absolute Gasteiger partial charge is 0.407 e. The molecular weight excluding hydrogens is 566 g/mol. The predicted octanol–water partition coefficient (Wildman–Crippen LogP) is 2.11. The van der Waals surface area contributed by atoms with Crippen LogP contribution in [0.4, 0.5) is 4.79 Å². The van der Waals surface area contributed by atoms with Gasteiger partial charge in [-0.3, -0.25) is 9.63 Å². The number of aliphatic hydroxyl groups is 1. The number of primary amides is 1. The van der Waals surface area contributed by atoms with E-state index in [9.17, 15) is 23.1 Å². The molecule has 2 amide bonds. The number of ether oxygens (including phenoxy) is 3. The molecule has 2 saturated heterocycles. The Hall–Kier alpha value is -3.07. The number of nitrogens with two attached hydrogens (primary N) is 1. The van der Waals surface area contributed by atoms with E-state index in [2.05, 4.69) is 5.32 Å². The van der Waals surface area contributed by atoms with E-state index >= 15 is 0 Å². The number of nitrogens with one attached hydrogen (secondary N) is 1. The number of sulfonamides is 1. The number of hydroxylamine groups is 1. The molecule has 13 heteroatoms. The van der Waals surface area contributed by atoms with E-state index < -0.39 is 53.1 Å². The van der Waals surface area contributed by atoms with Gasteiger partial charge in [-0.1, -0.05) is 53.7 Å². The fourth-order valence-corrected chi connectivity index (χ4v) is 6.93. The van der Waals surface area contributed by atoms with Gasteiger partial charge in [0.05, 0.1) is 48.8 Å². The third-order valence-corrected chi connectivity index (χ3v) is 9.52. The Bertz CT molecular complexity index is 1340. The van der Waals surface area contributed by atoms with Crippen molar-refractivity contribution in [2.24, 2.45) is 11.7 Å². The van der Waals surface area contributed by atoms with Crippen molar-refractivity contribution in [1.82, 2.24) is 9.79 Å². The molecule has 2 heterocycles. The highest BCUT2D eigenvalue weighted by atomic mass is 32.2. The van der Waals surface area contributed by atoms with Crippen LogP contribution in [0.1, 0.15) is 48.0 Å². The zero-order valence-corrected chi connectivity index (χ0v) is 24.0. The van der Waals surface area contributed by atoms with Crippen LogP contribution in [0.25, 0.3) is 0 Å². The second-order valence-corrected chi connectivity index (χ2v) is 12.7. The first-order valence-electron chi connectivity index (χ1n) is 14.2. The maximum atomic E-state index is 13.8. The average molecular weight is 604 g/mol. The molecule has 228 valence electrons. The molecule has 5 atom stereocenters. The van der Waals surface area contributed by atoms with Crippen molar-refractivity contribution in [2.75, 3.05) is 19.8 Å². The van der Waals surface area contributed by atoms with Gasteiger partial charge < -0.3 is 30.4 Å². The van der Waals surface area contributed by atoms with E-state index in [0.29, 0.717) is 25.9 Å². The van der Waals surface area contributed by atoms with E-state index in [-0.39, 0.29) is 35.5 Å². The molecule has 2 aromatic rings. The summed E-state index contributed by atoms with van der Waals surface area (Å²) in [6.07, 6.45) is 0.615. The van der Waals surface area contributed by atoms with Gasteiger partial charge in [-0.15, -0.1) is 0 Å².